The van der Waals surface area contributed by atoms with Gasteiger partial charge in [0.1, 0.15) is 11.4 Å². The Morgan fingerprint density at radius 1 is 1.10 bits per heavy atom. The van der Waals surface area contributed by atoms with E-state index < -0.39 is 5.60 Å². The Kier molecular flexibility index (Phi) is 5.56. The third-order valence-corrected chi connectivity index (χ3v) is 5.37. The number of rotatable bonds is 3. The summed E-state index contributed by atoms with van der Waals surface area (Å²) in [6, 6.07) is 16.2. The summed E-state index contributed by atoms with van der Waals surface area (Å²) in [5.41, 5.74) is 4.58. The van der Waals surface area contributed by atoms with Gasteiger partial charge in [0.15, 0.2) is 0 Å². The second kappa shape index (κ2) is 8.31. The number of hydrogen-bond acceptors (Lipinski definition) is 3. The van der Waals surface area contributed by atoms with E-state index in [-0.39, 0.29) is 12.1 Å². The number of aromatic amines is 1. The quantitative estimate of drug-likeness (QED) is 0.552. The zero-order chi connectivity index (χ0) is 22.0. The number of ether oxygens (including phenoxy) is 1. The van der Waals surface area contributed by atoms with Crippen LogP contribution in [0.2, 0.25) is 0 Å². The Balaban J connectivity index is 1.50. The van der Waals surface area contributed by atoms with Crippen molar-refractivity contribution in [2.45, 2.75) is 45.3 Å². The number of amides is 1. The SMILES string of the molecule is C#Cc1ccc(-c2ccc(-c3cnc([C@@H]4CCCN4C(=O)OC(C)(C)C)[nH]3)cc2)cc1. The first kappa shape index (κ1) is 20.7. The van der Waals surface area contributed by atoms with Gasteiger partial charge >= 0.3 is 6.09 Å². The lowest BCUT2D eigenvalue weighted by Crippen LogP contribution is -2.36. The zero-order valence-corrected chi connectivity index (χ0v) is 18.2. The van der Waals surface area contributed by atoms with E-state index in [0.29, 0.717) is 6.54 Å². The molecule has 3 aromatic rings. The summed E-state index contributed by atoms with van der Waals surface area (Å²) in [6.45, 7) is 6.33. The number of aromatic nitrogens is 2. The number of terminal acetylenes is 1. The van der Waals surface area contributed by atoms with Crippen molar-refractivity contribution in [1.29, 1.82) is 0 Å². The molecule has 1 atom stereocenters. The van der Waals surface area contributed by atoms with Gasteiger partial charge in [-0.15, -0.1) is 6.42 Å². The van der Waals surface area contributed by atoms with E-state index in [1.54, 1.807) is 4.90 Å². The van der Waals surface area contributed by atoms with Crippen LogP contribution in [0, 0.1) is 12.3 Å². The molecular formula is C26H27N3O2. The summed E-state index contributed by atoms with van der Waals surface area (Å²) in [7, 11) is 0. The molecule has 5 heteroatoms. The smallest absolute Gasteiger partial charge is 0.410 e. The zero-order valence-electron chi connectivity index (χ0n) is 18.2. The fraction of sp³-hybridized carbons (Fsp3) is 0.308. The summed E-state index contributed by atoms with van der Waals surface area (Å²) in [5, 5.41) is 0. The van der Waals surface area contributed by atoms with Gasteiger partial charge in [-0.25, -0.2) is 9.78 Å². The predicted molar refractivity (Wildman–Crippen MR) is 122 cm³/mol. The van der Waals surface area contributed by atoms with Gasteiger partial charge in [-0.1, -0.05) is 42.3 Å². The standard InChI is InChI=1S/C26H27N3O2/c1-5-18-8-10-19(11-9-18)20-12-14-21(15-13-20)22-17-27-24(28-22)23-7-6-16-29(23)25(30)31-26(2,3)4/h1,8-15,17,23H,6-7,16H2,2-4H3,(H,27,28)/t23-/m0/s1. The van der Waals surface area contributed by atoms with Crippen LogP contribution in [0.25, 0.3) is 22.4 Å². The highest BCUT2D eigenvalue weighted by atomic mass is 16.6. The van der Waals surface area contributed by atoms with Crippen LogP contribution in [0.4, 0.5) is 4.79 Å². The Morgan fingerprint density at radius 3 is 2.32 bits per heavy atom. The highest BCUT2D eigenvalue weighted by Gasteiger charge is 2.34. The summed E-state index contributed by atoms with van der Waals surface area (Å²) in [4.78, 5) is 22.4. The number of hydrogen-bond donors (Lipinski definition) is 1. The first-order valence-corrected chi connectivity index (χ1v) is 10.6. The van der Waals surface area contributed by atoms with Crippen LogP contribution in [0.3, 0.4) is 0 Å². The molecule has 1 aromatic heterocycles. The number of nitrogens with zero attached hydrogens (tertiary/aromatic N) is 2. The molecule has 2 heterocycles. The van der Waals surface area contributed by atoms with Crippen molar-refractivity contribution >= 4 is 6.09 Å². The Morgan fingerprint density at radius 2 is 1.71 bits per heavy atom. The lowest BCUT2D eigenvalue weighted by molar-refractivity contribution is 0.0218. The number of carbonyl (C=O) groups excluding carboxylic acids is 1. The number of benzene rings is 2. The first-order chi connectivity index (χ1) is 14.8. The van der Waals surface area contributed by atoms with Gasteiger partial charge in [0, 0.05) is 12.1 Å². The van der Waals surface area contributed by atoms with Gasteiger partial charge < -0.3 is 9.72 Å². The summed E-state index contributed by atoms with van der Waals surface area (Å²) < 4.78 is 5.57. The monoisotopic (exact) mass is 413 g/mol. The van der Waals surface area contributed by atoms with Gasteiger partial charge in [-0.2, -0.15) is 0 Å². The van der Waals surface area contributed by atoms with Crippen LogP contribution >= 0.6 is 0 Å². The molecule has 5 nitrogen and oxygen atoms in total. The second-order valence-corrected chi connectivity index (χ2v) is 8.81. The van der Waals surface area contributed by atoms with E-state index >= 15 is 0 Å². The van der Waals surface area contributed by atoms with E-state index in [2.05, 4.69) is 40.2 Å². The average molecular weight is 414 g/mol. The molecule has 1 aliphatic heterocycles. The minimum Gasteiger partial charge on any atom is -0.444 e. The lowest BCUT2D eigenvalue weighted by Gasteiger charge is -2.27. The predicted octanol–water partition coefficient (Wildman–Crippen LogP) is 5.80. The molecule has 1 saturated heterocycles. The molecule has 158 valence electrons. The van der Waals surface area contributed by atoms with Crippen LogP contribution < -0.4 is 0 Å². The average Bonchev–Trinajstić information content (AvgIpc) is 3.42. The normalized spacial score (nSPS) is 16.2. The van der Waals surface area contributed by atoms with Crippen molar-refractivity contribution in [3.8, 4) is 34.7 Å². The van der Waals surface area contributed by atoms with Crippen LogP contribution in [0.5, 0.6) is 0 Å². The number of carbonyl (C=O) groups is 1. The highest BCUT2D eigenvalue weighted by Crippen LogP contribution is 2.33. The molecule has 31 heavy (non-hydrogen) atoms. The molecule has 0 unspecified atom stereocenters. The Bertz CT molecular complexity index is 1100. The maximum atomic E-state index is 12.6. The largest absolute Gasteiger partial charge is 0.444 e. The van der Waals surface area contributed by atoms with Crippen LogP contribution in [0.15, 0.2) is 54.7 Å². The lowest BCUT2D eigenvalue weighted by atomic mass is 10.0. The Labute approximate surface area is 183 Å². The van der Waals surface area contributed by atoms with Crippen LogP contribution in [-0.2, 0) is 4.74 Å². The third-order valence-electron chi connectivity index (χ3n) is 5.37. The second-order valence-electron chi connectivity index (χ2n) is 8.81. The summed E-state index contributed by atoms with van der Waals surface area (Å²) in [6.07, 6.45) is 8.79. The van der Waals surface area contributed by atoms with Crippen molar-refractivity contribution in [3.63, 3.8) is 0 Å². The summed E-state index contributed by atoms with van der Waals surface area (Å²) in [5.74, 6) is 3.44. The van der Waals surface area contributed by atoms with E-state index in [0.717, 1.165) is 46.6 Å². The number of H-pyrrole nitrogens is 1. The van der Waals surface area contributed by atoms with E-state index in [1.807, 2.05) is 51.2 Å². The molecule has 0 radical (unpaired) electrons. The van der Waals surface area contributed by atoms with Gasteiger partial charge in [0.25, 0.3) is 0 Å². The fourth-order valence-electron chi connectivity index (χ4n) is 3.84. The third kappa shape index (κ3) is 4.64. The maximum Gasteiger partial charge on any atom is 0.410 e. The van der Waals surface area contributed by atoms with Crippen LogP contribution in [0.1, 0.15) is 51.0 Å². The molecule has 2 aromatic carbocycles. The number of imidazole rings is 1. The Hall–Kier alpha value is -3.52. The van der Waals surface area contributed by atoms with E-state index in [1.165, 1.54) is 0 Å². The van der Waals surface area contributed by atoms with Gasteiger partial charge in [0.05, 0.1) is 17.9 Å². The molecule has 1 amide bonds. The number of likely N-dealkylation sites (tertiary alicyclic amines) is 1. The van der Waals surface area contributed by atoms with Gasteiger partial charge in [0.2, 0.25) is 0 Å². The fourth-order valence-corrected chi connectivity index (χ4v) is 3.84. The van der Waals surface area contributed by atoms with E-state index in [4.69, 9.17) is 11.2 Å². The molecule has 0 spiro atoms. The maximum absolute atomic E-state index is 12.6. The minimum absolute atomic E-state index is 0.0856. The first-order valence-electron chi connectivity index (χ1n) is 10.6. The van der Waals surface area contributed by atoms with Crippen LogP contribution in [-0.4, -0.2) is 33.1 Å². The van der Waals surface area contributed by atoms with Gasteiger partial charge in [-0.05, 0) is 62.4 Å². The van der Waals surface area contributed by atoms with Crippen molar-refractivity contribution in [3.05, 3.63) is 66.1 Å². The molecule has 1 aliphatic rings. The highest BCUT2D eigenvalue weighted by molar-refractivity contribution is 5.70. The van der Waals surface area contributed by atoms with Crippen molar-refractivity contribution in [2.75, 3.05) is 6.54 Å². The molecule has 0 bridgehead atoms. The number of nitrogens with one attached hydrogen (secondary N) is 1. The van der Waals surface area contributed by atoms with Crippen molar-refractivity contribution < 1.29 is 9.53 Å². The van der Waals surface area contributed by atoms with E-state index in [9.17, 15) is 4.79 Å². The van der Waals surface area contributed by atoms with Crippen molar-refractivity contribution in [1.82, 2.24) is 14.9 Å². The van der Waals surface area contributed by atoms with Crippen molar-refractivity contribution in [2.24, 2.45) is 0 Å². The van der Waals surface area contributed by atoms with Gasteiger partial charge in [-0.3, -0.25) is 4.90 Å². The molecule has 4 rings (SSSR count). The molecule has 0 saturated carbocycles. The molecular weight excluding hydrogens is 386 g/mol. The minimum atomic E-state index is -0.512. The summed E-state index contributed by atoms with van der Waals surface area (Å²) >= 11 is 0. The molecule has 1 fully saturated rings. The molecule has 0 aliphatic carbocycles. The molecule has 1 N–H and O–H groups in total. The topological polar surface area (TPSA) is 58.2 Å².